The fourth-order valence-electron chi connectivity index (χ4n) is 9.09. The lowest BCUT2D eigenvalue weighted by Crippen LogP contribution is -2.60. The minimum absolute atomic E-state index is 0.0182. The number of rotatable bonds is 24. The zero-order valence-electron chi connectivity index (χ0n) is 40.2. The third-order valence-electron chi connectivity index (χ3n) is 12.7. The summed E-state index contributed by atoms with van der Waals surface area (Å²) in [5.41, 5.74) is 2.83. The van der Waals surface area contributed by atoms with Crippen LogP contribution in [0.3, 0.4) is 0 Å². The van der Waals surface area contributed by atoms with E-state index in [4.69, 9.17) is 9.47 Å². The van der Waals surface area contributed by atoms with E-state index in [9.17, 15) is 24.3 Å². The number of nitrogens with zero attached hydrogens (tertiary/aromatic N) is 3. The summed E-state index contributed by atoms with van der Waals surface area (Å²) in [7, 11) is 6.82. The molecule has 1 saturated heterocycles. The SMILES string of the molecule is CC[C@H](C)[C@@H]([C@@H](CC(=O)N1CCC[C@H]1[C@H](OC)[C@@H](C)C(=O)N[C@H](C)[C@@H](O)c1ccccc1)OC)N(C)C(=O)[C@@H](NC(=O)[C@H](C(C)C)N(C)Cc1ccc(NC(C)C)cc1)C(C)C. The van der Waals surface area contributed by atoms with Gasteiger partial charge in [0.15, 0.2) is 0 Å². The Labute approximate surface area is 373 Å². The lowest BCUT2D eigenvalue weighted by atomic mass is 9.89. The molecule has 0 radical (unpaired) electrons. The summed E-state index contributed by atoms with van der Waals surface area (Å²) in [6, 6.07) is 15.1. The third kappa shape index (κ3) is 14.0. The number of anilines is 1. The second-order valence-electron chi connectivity index (χ2n) is 18.6. The number of carbonyl (C=O) groups excluding carboxylic acids is 4. The van der Waals surface area contributed by atoms with E-state index in [1.54, 1.807) is 44.9 Å². The maximum atomic E-state index is 14.6. The van der Waals surface area contributed by atoms with Gasteiger partial charge in [0.05, 0.1) is 54.8 Å². The van der Waals surface area contributed by atoms with Gasteiger partial charge in [-0.3, -0.25) is 24.1 Å². The lowest BCUT2D eigenvalue weighted by molar-refractivity contribution is -0.148. The summed E-state index contributed by atoms with van der Waals surface area (Å²) in [5.74, 6) is -1.76. The number of likely N-dealkylation sites (N-methyl/N-ethyl adjacent to an activating group) is 2. The van der Waals surface area contributed by atoms with E-state index in [1.807, 2.05) is 70.0 Å². The van der Waals surface area contributed by atoms with Crippen LogP contribution in [0.4, 0.5) is 5.69 Å². The van der Waals surface area contributed by atoms with Crippen LogP contribution in [0.5, 0.6) is 0 Å². The van der Waals surface area contributed by atoms with Crippen molar-refractivity contribution in [2.24, 2.45) is 23.7 Å². The van der Waals surface area contributed by atoms with Gasteiger partial charge in [0.1, 0.15) is 6.04 Å². The molecule has 0 spiro atoms. The molecular formula is C49H80N6O7. The van der Waals surface area contributed by atoms with Crippen LogP contribution in [-0.2, 0) is 35.2 Å². The van der Waals surface area contributed by atoms with Crippen LogP contribution >= 0.6 is 0 Å². The minimum atomic E-state index is -0.885. The van der Waals surface area contributed by atoms with E-state index in [0.717, 1.165) is 24.1 Å². The maximum absolute atomic E-state index is 14.6. The number of hydrogen-bond donors (Lipinski definition) is 4. The topological polar surface area (TPSA) is 153 Å². The summed E-state index contributed by atoms with van der Waals surface area (Å²) in [6.07, 6.45) is 0.0488. The molecule has 0 aromatic heterocycles. The number of hydrogen-bond acceptors (Lipinski definition) is 9. The molecule has 4 N–H and O–H groups in total. The molecule has 4 amide bonds. The number of aliphatic hydroxyl groups excluding tert-OH is 1. The Morgan fingerprint density at radius 2 is 1.47 bits per heavy atom. The number of likely N-dealkylation sites (tertiary alicyclic amines) is 1. The molecule has 1 fully saturated rings. The van der Waals surface area contributed by atoms with Crippen LogP contribution in [0.1, 0.15) is 112 Å². The van der Waals surface area contributed by atoms with Crippen LogP contribution in [0.25, 0.3) is 0 Å². The van der Waals surface area contributed by atoms with E-state index in [0.29, 0.717) is 31.1 Å². The van der Waals surface area contributed by atoms with Crippen molar-refractivity contribution in [1.82, 2.24) is 25.3 Å². The van der Waals surface area contributed by atoms with Crippen molar-refractivity contribution in [2.45, 2.75) is 156 Å². The molecule has 2 aromatic rings. The fourth-order valence-corrected chi connectivity index (χ4v) is 9.09. The van der Waals surface area contributed by atoms with E-state index >= 15 is 0 Å². The Hall–Kier alpha value is -4.04. The van der Waals surface area contributed by atoms with E-state index in [-0.39, 0.29) is 53.8 Å². The van der Waals surface area contributed by atoms with E-state index in [1.165, 1.54) is 0 Å². The highest BCUT2D eigenvalue weighted by Crippen LogP contribution is 2.30. The highest BCUT2D eigenvalue weighted by Gasteiger charge is 2.43. The summed E-state index contributed by atoms with van der Waals surface area (Å²) in [4.78, 5) is 62.2. The molecule has 1 aliphatic rings. The standard InChI is InChI=1S/C49H80N6O7/c1-15-33(8)44(54(12)49(60)42(30(2)3)52-48(59)43(31(4)5)53(11)29-36-23-25-38(26-24-36)50-32(6)7)40(61-13)28-41(56)55-27-19-22-39(55)46(62-14)34(9)47(58)51-35(10)45(57)37-20-17-16-18-21-37/h16-18,20-21,23-26,30-35,39-40,42-46,50,57H,15,19,22,27-29H2,1-14H3,(H,51,58)(H,52,59)/t33-,34+,35+,39-,40+,42-,43-,44-,45+,46+/m0/s1. The summed E-state index contributed by atoms with van der Waals surface area (Å²) in [6.45, 7) is 20.8. The Morgan fingerprint density at radius 1 is 0.839 bits per heavy atom. The van der Waals surface area contributed by atoms with Crippen molar-refractivity contribution >= 4 is 29.3 Å². The molecule has 348 valence electrons. The number of amides is 4. The second-order valence-corrected chi connectivity index (χ2v) is 18.6. The summed E-state index contributed by atoms with van der Waals surface area (Å²) in [5, 5.41) is 20.4. The first kappa shape index (κ1) is 52.3. The van der Waals surface area contributed by atoms with Gasteiger partial charge in [-0.2, -0.15) is 0 Å². The molecule has 0 aliphatic carbocycles. The molecule has 1 heterocycles. The van der Waals surface area contributed by atoms with Gasteiger partial charge in [-0.15, -0.1) is 0 Å². The van der Waals surface area contributed by atoms with Gasteiger partial charge < -0.3 is 40.3 Å². The molecule has 0 unspecified atom stereocenters. The normalized spacial score (nSPS) is 18.8. The zero-order valence-corrected chi connectivity index (χ0v) is 40.2. The Morgan fingerprint density at radius 3 is 2.00 bits per heavy atom. The quantitative estimate of drug-likeness (QED) is 0.0959. The molecule has 2 aromatic carbocycles. The molecular weight excluding hydrogens is 785 g/mol. The molecule has 13 nitrogen and oxygen atoms in total. The second kappa shape index (κ2) is 24.7. The van der Waals surface area contributed by atoms with Gasteiger partial charge in [0.2, 0.25) is 23.6 Å². The van der Waals surface area contributed by atoms with Crippen LogP contribution in [-0.4, -0.2) is 127 Å². The third-order valence-corrected chi connectivity index (χ3v) is 12.7. The highest BCUT2D eigenvalue weighted by molar-refractivity contribution is 5.90. The van der Waals surface area contributed by atoms with Crippen LogP contribution < -0.4 is 16.0 Å². The first-order valence-corrected chi connectivity index (χ1v) is 22.8. The van der Waals surface area contributed by atoms with Gasteiger partial charge in [-0.25, -0.2) is 0 Å². The van der Waals surface area contributed by atoms with E-state index < -0.39 is 48.4 Å². The van der Waals surface area contributed by atoms with Crippen LogP contribution in [0.2, 0.25) is 0 Å². The number of carbonyl (C=O) groups is 4. The molecule has 13 heteroatoms. The number of benzene rings is 2. The van der Waals surface area contributed by atoms with Crippen LogP contribution in [0, 0.1) is 23.7 Å². The van der Waals surface area contributed by atoms with Gasteiger partial charge in [-0.05, 0) is 81.7 Å². The first-order chi connectivity index (χ1) is 29.3. The number of aliphatic hydroxyl groups is 1. The predicted octanol–water partition coefficient (Wildman–Crippen LogP) is 6.26. The number of methoxy groups -OCH3 is 2. The average molecular weight is 865 g/mol. The summed E-state index contributed by atoms with van der Waals surface area (Å²) < 4.78 is 12.1. The minimum Gasteiger partial charge on any atom is -0.386 e. The van der Waals surface area contributed by atoms with E-state index in [2.05, 4.69) is 67.9 Å². The maximum Gasteiger partial charge on any atom is 0.245 e. The van der Waals surface area contributed by atoms with Crippen molar-refractivity contribution in [1.29, 1.82) is 0 Å². The van der Waals surface area contributed by atoms with Crippen molar-refractivity contribution < 1.29 is 33.8 Å². The highest BCUT2D eigenvalue weighted by atomic mass is 16.5. The molecule has 10 atom stereocenters. The monoisotopic (exact) mass is 865 g/mol. The molecule has 0 bridgehead atoms. The summed E-state index contributed by atoms with van der Waals surface area (Å²) >= 11 is 0. The van der Waals surface area contributed by atoms with Crippen molar-refractivity contribution in [3.05, 3.63) is 65.7 Å². The number of ether oxygens (including phenoxy) is 2. The predicted molar refractivity (Wildman–Crippen MR) is 247 cm³/mol. The first-order valence-electron chi connectivity index (χ1n) is 22.8. The fraction of sp³-hybridized carbons (Fsp3) is 0.673. The molecule has 3 rings (SSSR count). The Bertz CT molecular complexity index is 1690. The van der Waals surface area contributed by atoms with Crippen LogP contribution in [0.15, 0.2) is 54.6 Å². The smallest absolute Gasteiger partial charge is 0.245 e. The van der Waals surface area contributed by atoms with Crippen molar-refractivity contribution in [3.63, 3.8) is 0 Å². The Balaban J connectivity index is 1.76. The Kier molecular flexibility index (Phi) is 20.8. The van der Waals surface area contributed by atoms with Crippen molar-refractivity contribution in [3.8, 4) is 0 Å². The van der Waals surface area contributed by atoms with Gasteiger partial charge in [0, 0.05) is 46.1 Å². The average Bonchev–Trinajstić information content (AvgIpc) is 3.72. The molecule has 0 saturated carbocycles. The molecule has 1 aliphatic heterocycles. The van der Waals surface area contributed by atoms with Crippen molar-refractivity contribution in [2.75, 3.05) is 40.2 Å². The lowest BCUT2D eigenvalue weighted by Gasteiger charge is -2.41. The zero-order chi connectivity index (χ0) is 46.4. The number of nitrogens with one attached hydrogen (secondary N) is 3. The largest absolute Gasteiger partial charge is 0.386 e. The molecule has 62 heavy (non-hydrogen) atoms. The van der Waals surface area contributed by atoms with Gasteiger partial charge in [0.25, 0.3) is 0 Å². The van der Waals surface area contributed by atoms with Gasteiger partial charge in [-0.1, -0.05) is 97.4 Å². The van der Waals surface area contributed by atoms with Gasteiger partial charge >= 0.3 is 0 Å².